The summed E-state index contributed by atoms with van der Waals surface area (Å²) in [5, 5.41) is 2.51. The molecule has 0 aliphatic carbocycles. The third kappa shape index (κ3) is 3.94. The number of aromatic nitrogens is 1. The van der Waals surface area contributed by atoms with E-state index >= 15 is 0 Å². The Morgan fingerprint density at radius 3 is 2.47 bits per heavy atom. The van der Waals surface area contributed by atoms with Crippen molar-refractivity contribution in [1.82, 2.24) is 9.88 Å². The number of nitrogens with zero attached hydrogens (tertiary/aromatic N) is 2. The minimum atomic E-state index is 0. The van der Waals surface area contributed by atoms with E-state index in [1.807, 2.05) is 29.6 Å². The van der Waals surface area contributed by atoms with Crippen LogP contribution in [0.5, 0.6) is 0 Å². The molecule has 1 aromatic heterocycles. The largest absolute Gasteiger partial charge is 0.375 e. The van der Waals surface area contributed by atoms with Crippen LogP contribution in [-0.4, -0.2) is 22.8 Å². The van der Waals surface area contributed by atoms with Gasteiger partial charge in [-0.1, -0.05) is 24.3 Å². The fourth-order valence-corrected chi connectivity index (χ4v) is 2.16. The molecule has 0 aliphatic heterocycles. The predicted molar refractivity (Wildman–Crippen MR) is 81.4 cm³/mol. The molecule has 0 fully saturated rings. The molecule has 0 aliphatic rings. The van der Waals surface area contributed by atoms with E-state index in [4.69, 9.17) is 5.73 Å². The van der Waals surface area contributed by atoms with Gasteiger partial charge in [0.2, 0.25) is 5.91 Å². The summed E-state index contributed by atoms with van der Waals surface area (Å²) < 4.78 is 0. The summed E-state index contributed by atoms with van der Waals surface area (Å²) in [5.41, 5.74) is 8.64. The van der Waals surface area contributed by atoms with Gasteiger partial charge >= 0.3 is 0 Å². The Balaban J connectivity index is 0.00000180. The Bertz CT molecular complexity index is 553. The first-order valence-electron chi connectivity index (χ1n) is 5.58. The van der Waals surface area contributed by atoms with E-state index < -0.39 is 0 Å². The predicted octanol–water partition coefficient (Wildman–Crippen LogP) is 2.79. The van der Waals surface area contributed by atoms with Crippen molar-refractivity contribution in [3.8, 4) is 11.3 Å². The lowest BCUT2D eigenvalue weighted by molar-refractivity contribution is -0.128. The van der Waals surface area contributed by atoms with E-state index in [0.29, 0.717) is 11.7 Å². The molecule has 0 atom stereocenters. The highest BCUT2D eigenvalue weighted by molar-refractivity contribution is 7.13. The van der Waals surface area contributed by atoms with E-state index in [2.05, 4.69) is 4.98 Å². The molecule has 0 bridgehead atoms. The zero-order chi connectivity index (χ0) is 13.1. The molecule has 19 heavy (non-hydrogen) atoms. The molecular formula is C13H16ClN3OS. The van der Waals surface area contributed by atoms with Crippen molar-refractivity contribution >= 4 is 34.8 Å². The minimum Gasteiger partial charge on any atom is -0.375 e. The summed E-state index contributed by atoms with van der Waals surface area (Å²) >= 11 is 1.43. The van der Waals surface area contributed by atoms with Crippen LogP contribution in [0.25, 0.3) is 11.3 Å². The normalized spacial score (nSPS) is 9.79. The van der Waals surface area contributed by atoms with Crippen LogP contribution in [0.3, 0.4) is 0 Å². The number of rotatable bonds is 3. The smallest absolute Gasteiger partial charge is 0.219 e. The highest BCUT2D eigenvalue weighted by atomic mass is 35.5. The van der Waals surface area contributed by atoms with Crippen molar-refractivity contribution in [2.45, 2.75) is 13.5 Å². The Kier molecular flexibility index (Phi) is 5.32. The minimum absolute atomic E-state index is 0. The van der Waals surface area contributed by atoms with Gasteiger partial charge in [-0.25, -0.2) is 4.98 Å². The Morgan fingerprint density at radius 1 is 1.37 bits per heavy atom. The molecule has 0 saturated carbocycles. The second-order valence-corrected chi connectivity index (χ2v) is 5.03. The molecule has 0 spiro atoms. The summed E-state index contributed by atoms with van der Waals surface area (Å²) in [6.07, 6.45) is 0. The molecule has 6 heteroatoms. The second-order valence-electron chi connectivity index (χ2n) is 4.14. The third-order valence-electron chi connectivity index (χ3n) is 2.73. The molecule has 1 heterocycles. The number of thiazole rings is 1. The van der Waals surface area contributed by atoms with Crippen LogP contribution in [0.1, 0.15) is 12.5 Å². The molecule has 4 nitrogen and oxygen atoms in total. The van der Waals surface area contributed by atoms with Crippen LogP contribution in [0.4, 0.5) is 5.13 Å². The number of amides is 1. The topological polar surface area (TPSA) is 59.2 Å². The van der Waals surface area contributed by atoms with Crippen molar-refractivity contribution in [3.05, 3.63) is 35.2 Å². The van der Waals surface area contributed by atoms with Crippen LogP contribution >= 0.6 is 23.7 Å². The summed E-state index contributed by atoms with van der Waals surface area (Å²) in [7, 11) is 1.79. The molecule has 102 valence electrons. The van der Waals surface area contributed by atoms with Gasteiger partial charge in [0, 0.05) is 31.5 Å². The molecule has 0 saturated heterocycles. The molecule has 0 unspecified atom stereocenters. The first-order chi connectivity index (χ1) is 8.56. The molecule has 1 amide bonds. The van der Waals surface area contributed by atoms with Gasteiger partial charge in [0.25, 0.3) is 0 Å². The highest BCUT2D eigenvalue weighted by Crippen LogP contribution is 2.23. The van der Waals surface area contributed by atoms with Crippen LogP contribution < -0.4 is 5.73 Å². The van der Waals surface area contributed by atoms with Crippen molar-refractivity contribution < 1.29 is 4.79 Å². The van der Waals surface area contributed by atoms with E-state index in [0.717, 1.165) is 16.8 Å². The lowest BCUT2D eigenvalue weighted by Gasteiger charge is -2.14. The number of halogens is 1. The van der Waals surface area contributed by atoms with Crippen LogP contribution in [-0.2, 0) is 11.3 Å². The first kappa shape index (κ1) is 15.5. The maximum atomic E-state index is 11.1. The van der Waals surface area contributed by atoms with Gasteiger partial charge in [0.15, 0.2) is 5.13 Å². The SMILES string of the molecule is CC(=O)N(C)Cc1ccc(-c2csc(N)n2)cc1.Cl. The average molecular weight is 298 g/mol. The zero-order valence-electron chi connectivity index (χ0n) is 10.8. The fourth-order valence-electron chi connectivity index (χ4n) is 1.59. The second kappa shape index (κ2) is 6.54. The van der Waals surface area contributed by atoms with Gasteiger partial charge in [-0.2, -0.15) is 0 Å². The maximum Gasteiger partial charge on any atom is 0.219 e. The summed E-state index contributed by atoms with van der Waals surface area (Å²) in [4.78, 5) is 17.1. The van der Waals surface area contributed by atoms with Crippen molar-refractivity contribution in [1.29, 1.82) is 0 Å². The standard InChI is InChI=1S/C13H15N3OS.ClH/c1-9(17)16(2)7-10-3-5-11(6-4-10)12-8-18-13(14)15-12;/h3-6,8H,7H2,1-2H3,(H2,14,15);1H. The zero-order valence-corrected chi connectivity index (χ0v) is 12.4. The fraction of sp³-hybridized carbons (Fsp3) is 0.231. The van der Waals surface area contributed by atoms with Gasteiger partial charge in [-0.15, -0.1) is 23.7 Å². The molecule has 2 rings (SSSR count). The van der Waals surface area contributed by atoms with Crippen molar-refractivity contribution in [2.75, 3.05) is 12.8 Å². The van der Waals surface area contributed by atoms with E-state index in [1.165, 1.54) is 11.3 Å². The number of hydrogen-bond acceptors (Lipinski definition) is 4. The van der Waals surface area contributed by atoms with Crippen LogP contribution in [0.2, 0.25) is 0 Å². The van der Waals surface area contributed by atoms with Gasteiger partial charge in [-0.3, -0.25) is 4.79 Å². The van der Waals surface area contributed by atoms with Crippen LogP contribution in [0.15, 0.2) is 29.6 Å². The summed E-state index contributed by atoms with van der Waals surface area (Å²) in [6, 6.07) is 8.00. The van der Waals surface area contributed by atoms with Gasteiger partial charge in [-0.05, 0) is 5.56 Å². The Morgan fingerprint density at radius 2 is 2.00 bits per heavy atom. The molecule has 1 aromatic carbocycles. The summed E-state index contributed by atoms with van der Waals surface area (Å²) in [5.74, 6) is 0.0614. The van der Waals surface area contributed by atoms with E-state index in [1.54, 1.807) is 18.9 Å². The highest BCUT2D eigenvalue weighted by Gasteiger charge is 2.05. The molecular weight excluding hydrogens is 282 g/mol. The number of carbonyl (C=O) groups is 1. The van der Waals surface area contributed by atoms with E-state index in [-0.39, 0.29) is 18.3 Å². The molecule has 2 aromatic rings. The van der Waals surface area contributed by atoms with Crippen molar-refractivity contribution in [2.24, 2.45) is 0 Å². The number of carbonyl (C=O) groups excluding carboxylic acids is 1. The number of benzene rings is 1. The summed E-state index contributed by atoms with van der Waals surface area (Å²) in [6.45, 7) is 2.18. The van der Waals surface area contributed by atoms with E-state index in [9.17, 15) is 4.79 Å². The molecule has 2 N–H and O–H groups in total. The van der Waals surface area contributed by atoms with Gasteiger partial charge < -0.3 is 10.6 Å². The Labute approximate surface area is 122 Å². The van der Waals surface area contributed by atoms with Gasteiger partial charge in [0.05, 0.1) is 5.69 Å². The number of nitrogen functional groups attached to an aromatic ring is 1. The van der Waals surface area contributed by atoms with Crippen LogP contribution in [0, 0.1) is 0 Å². The lowest BCUT2D eigenvalue weighted by Crippen LogP contribution is -2.22. The lowest BCUT2D eigenvalue weighted by atomic mass is 10.1. The third-order valence-corrected chi connectivity index (χ3v) is 3.40. The number of nitrogens with two attached hydrogens (primary N) is 1. The van der Waals surface area contributed by atoms with Gasteiger partial charge in [0.1, 0.15) is 0 Å². The maximum absolute atomic E-state index is 11.1. The molecule has 0 radical (unpaired) electrons. The van der Waals surface area contributed by atoms with Crippen molar-refractivity contribution in [3.63, 3.8) is 0 Å². The number of anilines is 1. The average Bonchev–Trinajstić information content (AvgIpc) is 2.76. The quantitative estimate of drug-likeness (QED) is 0.947. The Hall–Kier alpha value is -1.59. The number of hydrogen-bond donors (Lipinski definition) is 1. The first-order valence-corrected chi connectivity index (χ1v) is 6.46. The monoisotopic (exact) mass is 297 g/mol.